The molecule has 2 aromatic rings. The molecule has 0 fully saturated rings. The molecule has 5 nitrogen and oxygen atoms in total. The monoisotopic (exact) mass is 309 g/mol. The number of anilines is 1. The van der Waals surface area contributed by atoms with Gasteiger partial charge in [0, 0.05) is 6.54 Å². The Morgan fingerprint density at radius 3 is 2.61 bits per heavy atom. The maximum Gasteiger partial charge on any atom is 0.267 e. The quantitative estimate of drug-likeness (QED) is 0.802. The Hall–Kier alpha value is -1.66. The zero-order valence-electron chi connectivity index (χ0n) is 9.48. The highest BCUT2D eigenvalue weighted by Gasteiger charge is 2.04. The van der Waals surface area contributed by atoms with Crippen molar-refractivity contribution in [3.05, 3.63) is 56.5 Å². The maximum absolute atomic E-state index is 11.3. The van der Waals surface area contributed by atoms with Gasteiger partial charge in [0.1, 0.15) is 10.3 Å². The summed E-state index contributed by atoms with van der Waals surface area (Å²) >= 11 is 3.17. The molecule has 2 rings (SSSR count). The number of halogens is 1. The molecule has 3 N–H and O–H groups in total. The third-order valence-electron chi connectivity index (χ3n) is 2.46. The summed E-state index contributed by atoms with van der Waals surface area (Å²) in [6, 6.07) is 7.55. The lowest BCUT2D eigenvalue weighted by molar-refractivity contribution is 0.282. The highest BCUT2D eigenvalue weighted by molar-refractivity contribution is 9.10. The lowest BCUT2D eigenvalue weighted by Gasteiger charge is -2.07. The summed E-state index contributed by atoms with van der Waals surface area (Å²) in [7, 11) is 0. The Labute approximate surface area is 112 Å². The Kier molecular flexibility index (Phi) is 4.11. The molecule has 0 bridgehead atoms. The normalized spacial score (nSPS) is 10.3. The van der Waals surface area contributed by atoms with Crippen molar-refractivity contribution in [3.8, 4) is 0 Å². The highest BCUT2D eigenvalue weighted by atomic mass is 79.9. The van der Waals surface area contributed by atoms with Crippen LogP contribution in [0.5, 0.6) is 0 Å². The van der Waals surface area contributed by atoms with Crippen LogP contribution in [-0.2, 0) is 13.2 Å². The van der Waals surface area contributed by atoms with Crippen molar-refractivity contribution >= 4 is 21.7 Å². The second-order valence-corrected chi connectivity index (χ2v) is 4.52. The molecule has 1 aromatic heterocycles. The van der Waals surface area contributed by atoms with Gasteiger partial charge in [-0.15, -0.1) is 0 Å². The summed E-state index contributed by atoms with van der Waals surface area (Å²) in [5.74, 6) is 0.505. The van der Waals surface area contributed by atoms with Crippen LogP contribution in [0.2, 0.25) is 0 Å². The zero-order valence-corrected chi connectivity index (χ0v) is 11.1. The molecule has 0 amide bonds. The fraction of sp³-hybridized carbons (Fsp3) is 0.167. The minimum Gasteiger partial charge on any atom is -0.392 e. The Balaban J connectivity index is 2.06. The number of aliphatic hydroxyl groups excluding tert-OH is 1. The van der Waals surface area contributed by atoms with Gasteiger partial charge in [0.25, 0.3) is 5.56 Å². The first-order valence-electron chi connectivity index (χ1n) is 5.36. The average Bonchev–Trinajstić information content (AvgIpc) is 2.41. The average molecular weight is 310 g/mol. The number of aromatic nitrogens is 2. The van der Waals surface area contributed by atoms with E-state index >= 15 is 0 Å². The molecule has 1 heterocycles. The molecule has 94 valence electrons. The molecule has 0 atom stereocenters. The molecule has 0 spiro atoms. The van der Waals surface area contributed by atoms with E-state index in [1.807, 2.05) is 24.3 Å². The van der Waals surface area contributed by atoms with E-state index in [0.29, 0.717) is 16.8 Å². The summed E-state index contributed by atoms with van der Waals surface area (Å²) in [4.78, 5) is 17.8. The fourth-order valence-electron chi connectivity index (χ4n) is 1.45. The van der Waals surface area contributed by atoms with E-state index in [1.165, 1.54) is 6.33 Å². The molecule has 0 aliphatic rings. The van der Waals surface area contributed by atoms with Crippen LogP contribution in [0.1, 0.15) is 11.1 Å². The van der Waals surface area contributed by atoms with Crippen LogP contribution in [0.15, 0.2) is 39.9 Å². The Bertz CT molecular complexity index is 581. The summed E-state index contributed by atoms with van der Waals surface area (Å²) < 4.78 is 0.386. The van der Waals surface area contributed by atoms with Gasteiger partial charge in [-0.1, -0.05) is 24.3 Å². The lowest BCUT2D eigenvalue weighted by Crippen LogP contribution is -2.12. The van der Waals surface area contributed by atoms with Gasteiger partial charge >= 0.3 is 0 Å². The third-order valence-corrected chi connectivity index (χ3v) is 3.20. The van der Waals surface area contributed by atoms with E-state index in [0.717, 1.165) is 11.1 Å². The number of hydrogen-bond donors (Lipinski definition) is 3. The van der Waals surface area contributed by atoms with Crippen LogP contribution in [0.4, 0.5) is 5.82 Å². The number of rotatable bonds is 4. The largest absolute Gasteiger partial charge is 0.392 e. The topological polar surface area (TPSA) is 78.0 Å². The number of aromatic amines is 1. The Morgan fingerprint density at radius 2 is 1.94 bits per heavy atom. The highest BCUT2D eigenvalue weighted by Crippen LogP contribution is 2.14. The first-order chi connectivity index (χ1) is 8.70. The molecular formula is C12H12BrN3O2. The van der Waals surface area contributed by atoms with E-state index in [4.69, 9.17) is 5.11 Å². The summed E-state index contributed by atoms with van der Waals surface area (Å²) in [5, 5.41) is 12.0. The molecule has 0 saturated heterocycles. The first kappa shape index (κ1) is 12.8. The van der Waals surface area contributed by atoms with Crippen molar-refractivity contribution in [1.29, 1.82) is 0 Å². The number of benzene rings is 1. The van der Waals surface area contributed by atoms with Gasteiger partial charge < -0.3 is 15.4 Å². The summed E-state index contributed by atoms with van der Waals surface area (Å²) in [6.07, 6.45) is 1.35. The van der Waals surface area contributed by atoms with E-state index in [-0.39, 0.29) is 12.2 Å². The van der Waals surface area contributed by atoms with E-state index in [9.17, 15) is 4.79 Å². The van der Waals surface area contributed by atoms with Crippen molar-refractivity contribution < 1.29 is 5.11 Å². The van der Waals surface area contributed by atoms with E-state index in [1.54, 1.807) is 0 Å². The van der Waals surface area contributed by atoms with Crippen LogP contribution in [0, 0.1) is 0 Å². The first-order valence-corrected chi connectivity index (χ1v) is 6.15. The molecule has 18 heavy (non-hydrogen) atoms. The summed E-state index contributed by atoms with van der Waals surface area (Å²) in [6.45, 7) is 0.593. The van der Waals surface area contributed by atoms with Gasteiger partial charge in [-0.25, -0.2) is 4.98 Å². The van der Waals surface area contributed by atoms with Crippen LogP contribution in [0.3, 0.4) is 0 Å². The van der Waals surface area contributed by atoms with Crippen LogP contribution in [-0.4, -0.2) is 15.1 Å². The van der Waals surface area contributed by atoms with E-state index in [2.05, 4.69) is 31.2 Å². The SMILES string of the molecule is O=c1[nH]cnc(NCc2ccc(CO)cc2)c1Br. The van der Waals surface area contributed by atoms with Gasteiger partial charge in [0.05, 0.1) is 12.9 Å². The third kappa shape index (κ3) is 2.96. The standard InChI is InChI=1S/C12H12BrN3O2/c13-10-11(15-7-16-12(10)18)14-5-8-1-3-9(6-17)4-2-8/h1-4,7,17H,5-6H2,(H2,14,15,16,18). The van der Waals surface area contributed by atoms with Crippen molar-refractivity contribution in [2.75, 3.05) is 5.32 Å². The lowest BCUT2D eigenvalue weighted by atomic mass is 10.1. The number of hydrogen-bond acceptors (Lipinski definition) is 4. The minimum absolute atomic E-state index is 0.0366. The molecule has 0 saturated carbocycles. The zero-order chi connectivity index (χ0) is 13.0. The van der Waals surface area contributed by atoms with Crippen LogP contribution >= 0.6 is 15.9 Å². The molecule has 0 aliphatic carbocycles. The van der Waals surface area contributed by atoms with Crippen molar-refractivity contribution in [2.45, 2.75) is 13.2 Å². The second kappa shape index (κ2) is 5.79. The molecule has 0 radical (unpaired) electrons. The van der Waals surface area contributed by atoms with Gasteiger partial charge in [-0.3, -0.25) is 4.79 Å². The molecule has 6 heteroatoms. The van der Waals surface area contributed by atoms with Crippen molar-refractivity contribution in [3.63, 3.8) is 0 Å². The molecule has 1 aromatic carbocycles. The van der Waals surface area contributed by atoms with Gasteiger partial charge in [-0.2, -0.15) is 0 Å². The molecular weight excluding hydrogens is 298 g/mol. The number of H-pyrrole nitrogens is 1. The van der Waals surface area contributed by atoms with Gasteiger partial charge in [0.2, 0.25) is 0 Å². The van der Waals surface area contributed by atoms with Crippen LogP contribution < -0.4 is 10.9 Å². The molecule has 0 aliphatic heterocycles. The fourth-order valence-corrected chi connectivity index (χ4v) is 1.81. The number of nitrogens with one attached hydrogen (secondary N) is 2. The maximum atomic E-state index is 11.3. The van der Waals surface area contributed by atoms with Gasteiger partial charge in [0.15, 0.2) is 0 Å². The minimum atomic E-state index is -0.219. The molecule has 0 unspecified atom stereocenters. The van der Waals surface area contributed by atoms with Crippen LogP contribution in [0.25, 0.3) is 0 Å². The van der Waals surface area contributed by atoms with Crippen molar-refractivity contribution in [1.82, 2.24) is 9.97 Å². The summed E-state index contributed by atoms with van der Waals surface area (Å²) in [5.41, 5.74) is 1.69. The Morgan fingerprint density at radius 1 is 1.28 bits per heavy atom. The van der Waals surface area contributed by atoms with Gasteiger partial charge in [-0.05, 0) is 27.1 Å². The predicted octanol–water partition coefficient (Wildman–Crippen LogP) is 1.64. The smallest absolute Gasteiger partial charge is 0.267 e. The second-order valence-electron chi connectivity index (χ2n) is 3.72. The number of nitrogens with zero attached hydrogens (tertiary/aromatic N) is 1. The predicted molar refractivity (Wildman–Crippen MR) is 72.2 cm³/mol. The van der Waals surface area contributed by atoms with E-state index < -0.39 is 0 Å². The van der Waals surface area contributed by atoms with Crippen molar-refractivity contribution in [2.24, 2.45) is 0 Å². The number of aliphatic hydroxyl groups is 1.